The number of hydrogen-bond acceptors (Lipinski definition) is 6. The van der Waals surface area contributed by atoms with E-state index in [1.807, 2.05) is 0 Å². The van der Waals surface area contributed by atoms with Crippen molar-refractivity contribution in [3.8, 4) is 0 Å². The van der Waals surface area contributed by atoms with Crippen molar-refractivity contribution in [1.82, 2.24) is 15.0 Å². The second kappa shape index (κ2) is 7.23. The van der Waals surface area contributed by atoms with Crippen LogP contribution in [-0.2, 0) is 4.74 Å². The third kappa shape index (κ3) is 3.70. The number of hydrogen-bond donors (Lipinski definition) is 1. The molecule has 24 heavy (non-hydrogen) atoms. The normalized spacial score (nSPS) is 16.1. The molecule has 0 saturated carbocycles. The Bertz CT molecular complexity index is 710. The number of rotatable bonds is 4. The van der Waals surface area contributed by atoms with Crippen LogP contribution in [0.3, 0.4) is 0 Å². The zero-order chi connectivity index (χ0) is 17.1. The molecule has 9 heteroatoms. The van der Waals surface area contributed by atoms with E-state index < -0.39 is 11.6 Å². The van der Waals surface area contributed by atoms with Gasteiger partial charge in [-0.2, -0.15) is 14.4 Å². The highest BCUT2D eigenvalue weighted by molar-refractivity contribution is 6.28. The van der Waals surface area contributed by atoms with E-state index in [2.05, 4.69) is 20.3 Å². The lowest BCUT2D eigenvalue weighted by Gasteiger charge is -2.28. The summed E-state index contributed by atoms with van der Waals surface area (Å²) in [7, 11) is 0. The smallest absolute Gasteiger partial charge is 0.226 e. The van der Waals surface area contributed by atoms with Gasteiger partial charge in [-0.1, -0.05) is 0 Å². The monoisotopic (exact) mass is 355 g/mol. The molecule has 0 aromatic carbocycles. The van der Waals surface area contributed by atoms with Gasteiger partial charge in [0, 0.05) is 13.1 Å². The van der Waals surface area contributed by atoms with E-state index in [4.69, 9.17) is 16.3 Å². The van der Waals surface area contributed by atoms with Crippen molar-refractivity contribution in [3.05, 3.63) is 40.9 Å². The van der Waals surface area contributed by atoms with Gasteiger partial charge in [-0.3, -0.25) is 4.98 Å². The van der Waals surface area contributed by atoms with Gasteiger partial charge in [-0.25, -0.2) is 4.39 Å². The molecule has 1 aliphatic heterocycles. The van der Waals surface area contributed by atoms with Gasteiger partial charge in [-0.15, -0.1) is 0 Å². The van der Waals surface area contributed by atoms with Gasteiger partial charge in [0.25, 0.3) is 0 Å². The highest BCUT2D eigenvalue weighted by Gasteiger charge is 2.22. The molecule has 0 aliphatic carbocycles. The number of nitrogens with zero attached hydrogens (tertiary/aromatic N) is 4. The predicted octanol–water partition coefficient (Wildman–Crippen LogP) is 2.81. The van der Waals surface area contributed by atoms with Gasteiger partial charge in [0.1, 0.15) is 5.82 Å². The summed E-state index contributed by atoms with van der Waals surface area (Å²) in [5.41, 5.74) is 0.554. The van der Waals surface area contributed by atoms with Gasteiger partial charge in [0.05, 0.1) is 31.1 Å². The SMILES string of the molecule is C[C@H](Nc1nc(Cl)nc(N2CCOCC2)c1F)c1ccc(F)cn1. The van der Waals surface area contributed by atoms with Crippen LogP contribution in [0.2, 0.25) is 5.28 Å². The minimum atomic E-state index is -0.588. The Morgan fingerprint density at radius 3 is 2.67 bits per heavy atom. The average Bonchev–Trinajstić information content (AvgIpc) is 2.59. The minimum Gasteiger partial charge on any atom is -0.378 e. The first-order valence-corrected chi connectivity index (χ1v) is 7.86. The molecule has 0 spiro atoms. The summed E-state index contributed by atoms with van der Waals surface area (Å²) in [6.07, 6.45) is 1.11. The number of halogens is 3. The lowest BCUT2D eigenvalue weighted by Crippen LogP contribution is -2.37. The maximum Gasteiger partial charge on any atom is 0.226 e. The predicted molar refractivity (Wildman–Crippen MR) is 86.3 cm³/mol. The Morgan fingerprint density at radius 2 is 2.00 bits per heavy atom. The van der Waals surface area contributed by atoms with Crippen LogP contribution in [0, 0.1) is 11.6 Å². The molecule has 2 aromatic rings. The Labute approximate surface area is 142 Å². The highest BCUT2D eigenvalue weighted by Crippen LogP contribution is 2.27. The van der Waals surface area contributed by atoms with Gasteiger partial charge in [0.15, 0.2) is 11.6 Å². The fraction of sp³-hybridized carbons (Fsp3) is 0.400. The molecular weight excluding hydrogens is 340 g/mol. The van der Waals surface area contributed by atoms with Crippen molar-refractivity contribution in [3.63, 3.8) is 0 Å². The van der Waals surface area contributed by atoms with Crippen LogP contribution < -0.4 is 10.2 Å². The third-order valence-electron chi connectivity index (χ3n) is 3.66. The second-order valence-corrected chi connectivity index (χ2v) is 5.68. The van der Waals surface area contributed by atoms with Crippen LogP contribution >= 0.6 is 11.6 Å². The van der Waals surface area contributed by atoms with Gasteiger partial charge in [0.2, 0.25) is 11.1 Å². The van der Waals surface area contributed by atoms with Crippen molar-refractivity contribution in [1.29, 1.82) is 0 Å². The van der Waals surface area contributed by atoms with Gasteiger partial charge in [-0.05, 0) is 30.7 Å². The first kappa shape index (κ1) is 16.8. The number of morpholine rings is 1. The summed E-state index contributed by atoms with van der Waals surface area (Å²) in [6, 6.07) is 2.43. The molecule has 6 nitrogen and oxygen atoms in total. The fourth-order valence-electron chi connectivity index (χ4n) is 2.41. The number of aromatic nitrogens is 3. The summed E-state index contributed by atoms with van der Waals surface area (Å²) < 4.78 is 33.0. The quantitative estimate of drug-likeness (QED) is 0.851. The molecule has 1 fully saturated rings. The van der Waals surface area contributed by atoms with Crippen LogP contribution in [0.25, 0.3) is 0 Å². The molecule has 0 amide bonds. The molecule has 1 atom stereocenters. The van der Waals surface area contributed by atoms with E-state index in [0.29, 0.717) is 32.0 Å². The van der Waals surface area contributed by atoms with E-state index >= 15 is 0 Å². The third-order valence-corrected chi connectivity index (χ3v) is 3.83. The fourth-order valence-corrected chi connectivity index (χ4v) is 2.58. The van der Waals surface area contributed by atoms with Crippen LogP contribution in [-0.4, -0.2) is 41.3 Å². The molecule has 1 aliphatic rings. The lowest BCUT2D eigenvalue weighted by atomic mass is 10.2. The Kier molecular flexibility index (Phi) is 5.06. The summed E-state index contributed by atoms with van der Waals surface area (Å²) in [5, 5.41) is 2.86. The summed E-state index contributed by atoms with van der Waals surface area (Å²) in [4.78, 5) is 13.7. The Balaban J connectivity index is 1.84. The van der Waals surface area contributed by atoms with E-state index in [0.717, 1.165) is 6.20 Å². The first-order valence-electron chi connectivity index (χ1n) is 7.48. The maximum atomic E-state index is 14.8. The van der Waals surface area contributed by atoms with Crippen molar-refractivity contribution >= 4 is 23.2 Å². The molecule has 1 saturated heterocycles. The second-order valence-electron chi connectivity index (χ2n) is 5.35. The van der Waals surface area contributed by atoms with E-state index in [9.17, 15) is 8.78 Å². The molecule has 128 valence electrons. The Hall–Kier alpha value is -2.06. The molecule has 2 aromatic heterocycles. The maximum absolute atomic E-state index is 14.8. The van der Waals surface area contributed by atoms with Crippen molar-refractivity contribution in [2.75, 3.05) is 36.5 Å². The summed E-state index contributed by atoms with van der Waals surface area (Å²) in [5.74, 6) is -0.901. The number of nitrogens with one attached hydrogen (secondary N) is 1. The minimum absolute atomic E-state index is 0.0184. The Morgan fingerprint density at radius 1 is 1.25 bits per heavy atom. The van der Waals surface area contributed by atoms with Crippen LogP contribution in [0.5, 0.6) is 0 Å². The topological polar surface area (TPSA) is 63.2 Å². The average molecular weight is 356 g/mol. The number of pyridine rings is 1. The molecular formula is C15H16ClF2N5O. The summed E-state index contributed by atoms with van der Waals surface area (Å²) >= 11 is 5.94. The largest absolute Gasteiger partial charge is 0.378 e. The molecule has 0 unspecified atom stereocenters. The lowest BCUT2D eigenvalue weighted by molar-refractivity contribution is 0.122. The molecule has 0 radical (unpaired) electrons. The van der Waals surface area contributed by atoms with Crippen LogP contribution in [0.15, 0.2) is 18.3 Å². The van der Waals surface area contributed by atoms with Crippen molar-refractivity contribution < 1.29 is 13.5 Å². The van der Waals surface area contributed by atoms with Crippen molar-refractivity contribution in [2.24, 2.45) is 0 Å². The molecule has 3 heterocycles. The molecule has 1 N–H and O–H groups in total. The number of ether oxygens (including phenoxy) is 1. The number of anilines is 2. The van der Waals surface area contributed by atoms with E-state index in [1.165, 1.54) is 12.1 Å². The standard InChI is InChI=1S/C15H16ClF2N5O/c1-9(11-3-2-10(17)8-19-11)20-13-12(18)14(22-15(16)21-13)23-4-6-24-7-5-23/h2-3,8-9H,4-7H2,1H3,(H,20,21,22)/t9-/m0/s1. The summed E-state index contributed by atoms with van der Waals surface area (Å²) in [6.45, 7) is 3.82. The van der Waals surface area contributed by atoms with E-state index in [-0.39, 0.29) is 23.0 Å². The zero-order valence-corrected chi connectivity index (χ0v) is 13.7. The van der Waals surface area contributed by atoms with Gasteiger partial charge < -0.3 is 15.0 Å². The van der Waals surface area contributed by atoms with Crippen LogP contribution in [0.1, 0.15) is 18.7 Å². The molecule has 0 bridgehead atoms. The van der Waals surface area contributed by atoms with E-state index in [1.54, 1.807) is 11.8 Å². The van der Waals surface area contributed by atoms with Crippen LogP contribution in [0.4, 0.5) is 20.4 Å². The van der Waals surface area contributed by atoms with Gasteiger partial charge >= 0.3 is 0 Å². The molecule has 3 rings (SSSR count). The first-order chi connectivity index (χ1) is 11.5. The zero-order valence-electron chi connectivity index (χ0n) is 13.0. The highest BCUT2D eigenvalue weighted by atomic mass is 35.5. The van der Waals surface area contributed by atoms with Crippen molar-refractivity contribution in [2.45, 2.75) is 13.0 Å².